The molecule has 0 bridgehead atoms. The third-order valence-corrected chi connectivity index (χ3v) is 3.89. The molecule has 3 N–H and O–H groups in total. The van der Waals surface area contributed by atoms with Crippen molar-refractivity contribution in [2.24, 2.45) is 5.73 Å². The number of aromatic nitrogens is 1. The number of hydrogen-bond acceptors (Lipinski definition) is 5. The maximum atomic E-state index is 12.1. The second-order valence-corrected chi connectivity index (χ2v) is 5.60. The van der Waals surface area contributed by atoms with Crippen LogP contribution in [0.5, 0.6) is 0 Å². The molecule has 1 unspecified atom stereocenters. The number of nitrogens with two attached hydrogens (primary N) is 1. The van der Waals surface area contributed by atoms with Gasteiger partial charge in [-0.15, -0.1) is 24.8 Å². The summed E-state index contributed by atoms with van der Waals surface area (Å²) >= 11 is 0. The van der Waals surface area contributed by atoms with E-state index in [9.17, 15) is 9.59 Å². The van der Waals surface area contributed by atoms with Gasteiger partial charge in [0.25, 0.3) is 0 Å². The third kappa shape index (κ3) is 8.00. The third-order valence-electron chi connectivity index (χ3n) is 3.89. The van der Waals surface area contributed by atoms with Crippen molar-refractivity contribution in [1.82, 2.24) is 15.2 Å². The number of nitrogens with one attached hydrogen (secondary N) is 1. The van der Waals surface area contributed by atoms with Gasteiger partial charge in [-0.2, -0.15) is 0 Å². The van der Waals surface area contributed by atoms with E-state index in [2.05, 4.69) is 10.3 Å². The highest BCUT2D eigenvalue weighted by atomic mass is 35.5. The van der Waals surface area contributed by atoms with Gasteiger partial charge in [0.1, 0.15) is 13.2 Å². The molecule has 0 radical (unpaired) electrons. The number of carbonyl (C=O) groups is 2. The van der Waals surface area contributed by atoms with Crippen LogP contribution in [0, 0.1) is 0 Å². The number of amides is 2. The Morgan fingerprint density at radius 3 is 2.80 bits per heavy atom. The van der Waals surface area contributed by atoms with Crippen molar-refractivity contribution in [3.8, 4) is 0 Å². The van der Waals surface area contributed by atoms with E-state index in [0.717, 1.165) is 31.4 Å². The van der Waals surface area contributed by atoms with Crippen LogP contribution in [0.2, 0.25) is 0 Å². The highest BCUT2D eigenvalue weighted by Crippen LogP contribution is 2.16. The van der Waals surface area contributed by atoms with Crippen LogP contribution in [-0.4, -0.2) is 54.0 Å². The highest BCUT2D eigenvalue weighted by Gasteiger charge is 2.25. The molecule has 25 heavy (non-hydrogen) atoms. The van der Waals surface area contributed by atoms with E-state index in [-0.39, 0.29) is 55.9 Å². The number of piperidine rings is 1. The summed E-state index contributed by atoms with van der Waals surface area (Å²) in [6.07, 6.45) is 6.40. The summed E-state index contributed by atoms with van der Waals surface area (Å²) < 4.78 is 5.23. The van der Waals surface area contributed by atoms with Gasteiger partial charge in [-0.1, -0.05) is 6.07 Å². The standard InChI is InChI=1S/C16H24N4O3.2ClH/c17-8-14-5-1-2-7-20(14)16(22)12-23-11-15(21)19-10-13-4-3-6-18-9-13;;/h3-4,6,9,14H,1-2,5,7-8,10-12,17H2,(H,19,21);2*1H. The number of rotatable bonds is 7. The molecule has 7 nitrogen and oxygen atoms in total. The minimum atomic E-state index is -0.254. The normalized spacial score (nSPS) is 16.4. The minimum Gasteiger partial charge on any atom is -0.362 e. The number of likely N-dealkylation sites (tertiary alicyclic amines) is 1. The largest absolute Gasteiger partial charge is 0.362 e. The average molecular weight is 393 g/mol. The Morgan fingerprint density at radius 2 is 2.12 bits per heavy atom. The number of carbonyl (C=O) groups excluding carboxylic acids is 2. The van der Waals surface area contributed by atoms with Crippen molar-refractivity contribution in [1.29, 1.82) is 0 Å². The zero-order valence-electron chi connectivity index (χ0n) is 14.1. The van der Waals surface area contributed by atoms with Crippen LogP contribution < -0.4 is 11.1 Å². The molecule has 1 aromatic heterocycles. The molecule has 1 saturated heterocycles. The fourth-order valence-electron chi connectivity index (χ4n) is 2.64. The Morgan fingerprint density at radius 1 is 1.32 bits per heavy atom. The summed E-state index contributed by atoms with van der Waals surface area (Å²) in [5.41, 5.74) is 6.61. The van der Waals surface area contributed by atoms with Gasteiger partial charge in [-0.05, 0) is 30.9 Å². The van der Waals surface area contributed by atoms with Crippen molar-refractivity contribution in [3.05, 3.63) is 30.1 Å². The molecular formula is C16H26Cl2N4O3. The molecule has 9 heteroatoms. The predicted molar refractivity (Wildman–Crippen MR) is 99.8 cm³/mol. The van der Waals surface area contributed by atoms with Gasteiger partial charge in [0.15, 0.2) is 0 Å². The average Bonchev–Trinajstić information content (AvgIpc) is 2.60. The summed E-state index contributed by atoms with van der Waals surface area (Å²) in [6, 6.07) is 3.78. The minimum absolute atomic E-state index is 0. The van der Waals surface area contributed by atoms with Crippen molar-refractivity contribution >= 4 is 36.6 Å². The van der Waals surface area contributed by atoms with Gasteiger partial charge in [0.05, 0.1) is 0 Å². The van der Waals surface area contributed by atoms with E-state index < -0.39 is 0 Å². The molecule has 1 aliphatic rings. The number of hydrogen-bond donors (Lipinski definition) is 2. The van der Waals surface area contributed by atoms with Crippen LogP contribution in [0.25, 0.3) is 0 Å². The molecule has 142 valence electrons. The summed E-state index contributed by atoms with van der Waals surface area (Å²) in [7, 11) is 0. The maximum absolute atomic E-state index is 12.1. The monoisotopic (exact) mass is 392 g/mol. The van der Waals surface area contributed by atoms with Crippen molar-refractivity contribution < 1.29 is 14.3 Å². The van der Waals surface area contributed by atoms with Gasteiger partial charge in [-0.3, -0.25) is 14.6 Å². The molecular weight excluding hydrogens is 367 g/mol. The Bertz CT molecular complexity index is 519. The van der Waals surface area contributed by atoms with Crippen LogP contribution in [0.1, 0.15) is 24.8 Å². The van der Waals surface area contributed by atoms with E-state index in [1.165, 1.54) is 0 Å². The Balaban J connectivity index is 0.00000288. The smallest absolute Gasteiger partial charge is 0.248 e. The fraction of sp³-hybridized carbons (Fsp3) is 0.562. The van der Waals surface area contributed by atoms with Crippen molar-refractivity contribution in [2.45, 2.75) is 31.8 Å². The molecule has 1 atom stereocenters. The van der Waals surface area contributed by atoms with Crippen LogP contribution >= 0.6 is 24.8 Å². The number of pyridine rings is 1. The SMILES string of the molecule is Cl.Cl.NCC1CCCCN1C(=O)COCC(=O)NCc1cccnc1. The lowest BCUT2D eigenvalue weighted by Crippen LogP contribution is -2.48. The lowest BCUT2D eigenvalue weighted by atomic mass is 10.0. The topological polar surface area (TPSA) is 97.5 Å². The Labute approximate surface area is 160 Å². The van der Waals surface area contributed by atoms with Gasteiger partial charge in [-0.25, -0.2) is 0 Å². The molecule has 0 saturated carbocycles. The first-order valence-corrected chi connectivity index (χ1v) is 7.93. The summed E-state index contributed by atoms with van der Waals surface area (Å²) in [5.74, 6) is -0.351. The van der Waals surface area contributed by atoms with E-state index in [1.807, 2.05) is 12.1 Å². The first kappa shape index (κ1) is 23.6. The summed E-state index contributed by atoms with van der Waals surface area (Å²) in [6.45, 7) is 1.36. The number of ether oxygens (including phenoxy) is 1. The number of nitrogens with zero attached hydrogens (tertiary/aromatic N) is 2. The van der Waals surface area contributed by atoms with E-state index in [1.54, 1.807) is 17.3 Å². The van der Waals surface area contributed by atoms with Crippen LogP contribution in [0.15, 0.2) is 24.5 Å². The highest BCUT2D eigenvalue weighted by molar-refractivity contribution is 5.85. The van der Waals surface area contributed by atoms with Crippen molar-refractivity contribution in [3.63, 3.8) is 0 Å². The van der Waals surface area contributed by atoms with Crippen LogP contribution in [-0.2, 0) is 20.9 Å². The van der Waals surface area contributed by atoms with Crippen molar-refractivity contribution in [2.75, 3.05) is 26.3 Å². The van der Waals surface area contributed by atoms with Crippen LogP contribution in [0.4, 0.5) is 0 Å². The van der Waals surface area contributed by atoms with E-state index >= 15 is 0 Å². The first-order valence-electron chi connectivity index (χ1n) is 7.93. The van der Waals surface area contributed by atoms with Gasteiger partial charge in [0, 0.05) is 38.1 Å². The number of halogens is 2. The molecule has 1 aliphatic heterocycles. The van der Waals surface area contributed by atoms with Crippen LogP contribution in [0.3, 0.4) is 0 Å². The zero-order valence-corrected chi connectivity index (χ0v) is 15.7. The second-order valence-electron chi connectivity index (χ2n) is 5.60. The fourth-order valence-corrected chi connectivity index (χ4v) is 2.64. The second kappa shape index (κ2) is 12.9. The Kier molecular flexibility index (Phi) is 12.2. The molecule has 2 heterocycles. The van der Waals surface area contributed by atoms with Gasteiger partial charge in [0.2, 0.25) is 11.8 Å². The molecule has 1 aromatic rings. The maximum Gasteiger partial charge on any atom is 0.248 e. The molecule has 1 fully saturated rings. The van der Waals surface area contributed by atoms with E-state index in [0.29, 0.717) is 13.1 Å². The Hall–Kier alpha value is -1.41. The molecule has 0 spiro atoms. The molecule has 0 aliphatic carbocycles. The quantitative estimate of drug-likeness (QED) is 0.718. The van der Waals surface area contributed by atoms with E-state index in [4.69, 9.17) is 10.5 Å². The van der Waals surface area contributed by atoms with Gasteiger partial charge >= 0.3 is 0 Å². The molecule has 2 amide bonds. The summed E-state index contributed by atoms with van der Waals surface area (Å²) in [5, 5.41) is 2.72. The first-order chi connectivity index (χ1) is 11.2. The molecule has 2 rings (SSSR count). The van der Waals surface area contributed by atoms with Gasteiger partial charge < -0.3 is 20.7 Å². The lowest BCUT2D eigenvalue weighted by molar-refractivity contribution is -0.141. The summed E-state index contributed by atoms with van der Waals surface area (Å²) in [4.78, 5) is 29.6. The predicted octanol–water partition coefficient (Wildman–Crippen LogP) is 0.898. The zero-order chi connectivity index (χ0) is 16.5. The molecule has 0 aromatic carbocycles. The lowest BCUT2D eigenvalue weighted by Gasteiger charge is -2.34.